The summed E-state index contributed by atoms with van der Waals surface area (Å²) in [6.45, 7) is 0.750. The van der Waals surface area contributed by atoms with Gasteiger partial charge in [-0.2, -0.15) is 4.52 Å². The first-order valence-electron chi connectivity index (χ1n) is 12.9. The van der Waals surface area contributed by atoms with E-state index in [1.807, 2.05) is 65.2 Å². The van der Waals surface area contributed by atoms with Crippen molar-refractivity contribution in [1.29, 1.82) is 0 Å². The molecule has 0 atom stereocenters. The van der Waals surface area contributed by atoms with E-state index >= 15 is 0 Å². The molecule has 5 aromatic rings. The third kappa shape index (κ3) is 4.00. The highest BCUT2D eigenvalue weighted by Crippen LogP contribution is 2.53. The van der Waals surface area contributed by atoms with Crippen LogP contribution in [-0.4, -0.2) is 24.8 Å². The Kier molecular flexibility index (Phi) is 5.53. The number of hydrogen-bond donors (Lipinski definition) is 0. The van der Waals surface area contributed by atoms with Crippen LogP contribution in [0.5, 0.6) is 11.6 Å². The summed E-state index contributed by atoms with van der Waals surface area (Å²) in [5.74, 6) is 3.03. The van der Waals surface area contributed by atoms with E-state index in [1.54, 1.807) is 6.20 Å². The second-order valence-electron chi connectivity index (χ2n) is 9.82. The van der Waals surface area contributed by atoms with Crippen molar-refractivity contribution in [3.63, 3.8) is 0 Å². The summed E-state index contributed by atoms with van der Waals surface area (Å²) in [5.41, 5.74) is 6.18. The standard InChI is InChI=1S/C30H27N5O2/c1-3-8-20(9-4-1)18-36-25-12-7-17-31-24(25)19-37-30-27-22-15-13-21(14-16-22)26(27)29-33-32-28(35(29)34-30)23-10-5-2-6-11-23/h1-12,17,21-22H,13-16,18-19H2. The van der Waals surface area contributed by atoms with E-state index < -0.39 is 0 Å². The Balaban J connectivity index is 1.24. The zero-order chi connectivity index (χ0) is 24.6. The highest BCUT2D eigenvalue weighted by atomic mass is 16.5. The average molecular weight is 490 g/mol. The maximum absolute atomic E-state index is 6.47. The fourth-order valence-corrected chi connectivity index (χ4v) is 5.80. The maximum atomic E-state index is 6.47. The Morgan fingerprint density at radius 3 is 2.24 bits per heavy atom. The fourth-order valence-electron chi connectivity index (χ4n) is 5.80. The molecule has 8 rings (SSSR count). The number of fused-ring (bicyclic) bond motifs is 3. The third-order valence-electron chi connectivity index (χ3n) is 7.60. The monoisotopic (exact) mass is 489 g/mol. The molecule has 0 spiro atoms. The van der Waals surface area contributed by atoms with Gasteiger partial charge < -0.3 is 9.47 Å². The van der Waals surface area contributed by atoms with E-state index in [1.165, 1.54) is 36.8 Å². The summed E-state index contributed by atoms with van der Waals surface area (Å²) >= 11 is 0. The highest BCUT2D eigenvalue weighted by Gasteiger charge is 2.39. The normalized spacial score (nSPS) is 18.1. The molecule has 3 heterocycles. The van der Waals surface area contributed by atoms with Gasteiger partial charge in [-0.25, -0.2) is 0 Å². The molecule has 2 aromatic carbocycles. The number of aromatic nitrogens is 5. The maximum Gasteiger partial charge on any atom is 0.236 e. The van der Waals surface area contributed by atoms with Gasteiger partial charge in [-0.1, -0.05) is 60.7 Å². The Labute approximate surface area is 215 Å². The SMILES string of the molecule is c1ccc(COc2cccnc2COc2nn3c(-c4ccccc4)nnc3c3c2C2CCC3CC2)cc1. The van der Waals surface area contributed by atoms with Crippen LogP contribution < -0.4 is 9.47 Å². The van der Waals surface area contributed by atoms with Gasteiger partial charge in [0.25, 0.3) is 0 Å². The first-order valence-corrected chi connectivity index (χ1v) is 12.9. The number of nitrogens with zero attached hydrogens (tertiary/aromatic N) is 5. The van der Waals surface area contributed by atoms with Crippen molar-refractivity contribution in [1.82, 2.24) is 24.8 Å². The Hall–Kier alpha value is -4.26. The minimum Gasteiger partial charge on any atom is -0.487 e. The van der Waals surface area contributed by atoms with E-state index in [4.69, 9.17) is 14.6 Å². The molecule has 3 aromatic heterocycles. The Bertz CT molecular complexity index is 1540. The summed E-state index contributed by atoms with van der Waals surface area (Å²) < 4.78 is 14.5. The van der Waals surface area contributed by atoms with Gasteiger partial charge in [0.2, 0.25) is 5.88 Å². The van der Waals surface area contributed by atoms with Gasteiger partial charge >= 0.3 is 0 Å². The molecule has 3 aliphatic rings. The third-order valence-corrected chi connectivity index (χ3v) is 7.60. The Morgan fingerprint density at radius 2 is 1.46 bits per heavy atom. The lowest BCUT2D eigenvalue weighted by molar-refractivity contribution is 0.249. The second kappa shape index (κ2) is 9.32. The smallest absolute Gasteiger partial charge is 0.236 e. The second-order valence-corrected chi connectivity index (χ2v) is 9.82. The van der Waals surface area contributed by atoms with E-state index in [9.17, 15) is 0 Å². The van der Waals surface area contributed by atoms with Gasteiger partial charge in [0, 0.05) is 22.9 Å². The number of ether oxygens (including phenoxy) is 2. The molecule has 1 saturated carbocycles. The van der Waals surface area contributed by atoms with Gasteiger partial charge in [-0.3, -0.25) is 4.98 Å². The molecule has 0 N–H and O–H groups in total. The van der Waals surface area contributed by atoms with Crippen LogP contribution in [0.2, 0.25) is 0 Å². The molecule has 7 nitrogen and oxygen atoms in total. The Morgan fingerprint density at radius 1 is 0.730 bits per heavy atom. The summed E-state index contributed by atoms with van der Waals surface area (Å²) in [6.07, 6.45) is 6.47. The molecule has 0 amide bonds. The van der Waals surface area contributed by atoms with Crippen LogP contribution in [0.4, 0.5) is 0 Å². The lowest BCUT2D eigenvalue weighted by Crippen LogP contribution is -2.25. The molecule has 0 radical (unpaired) electrons. The average Bonchev–Trinajstić information content (AvgIpc) is 3.41. The largest absolute Gasteiger partial charge is 0.487 e. The van der Waals surface area contributed by atoms with E-state index in [2.05, 4.69) is 27.3 Å². The van der Waals surface area contributed by atoms with Crippen molar-refractivity contribution in [3.05, 3.63) is 101 Å². The van der Waals surface area contributed by atoms with Gasteiger partial charge in [0.05, 0.1) is 0 Å². The van der Waals surface area contributed by atoms with Gasteiger partial charge in [0.1, 0.15) is 24.7 Å². The van der Waals surface area contributed by atoms with Crippen molar-refractivity contribution in [2.45, 2.75) is 50.7 Å². The van der Waals surface area contributed by atoms with Gasteiger partial charge in [-0.15, -0.1) is 15.3 Å². The van der Waals surface area contributed by atoms with Crippen LogP contribution in [0.25, 0.3) is 17.0 Å². The van der Waals surface area contributed by atoms with E-state index in [-0.39, 0.29) is 6.61 Å². The fraction of sp³-hybridized carbons (Fsp3) is 0.267. The van der Waals surface area contributed by atoms with Crippen molar-refractivity contribution >= 4 is 5.65 Å². The first kappa shape index (κ1) is 22.0. The molecular formula is C30H27N5O2. The van der Waals surface area contributed by atoms with Crippen LogP contribution in [0, 0.1) is 0 Å². The lowest BCUT2D eigenvalue weighted by atomic mass is 9.67. The first-order chi connectivity index (χ1) is 18.3. The summed E-state index contributed by atoms with van der Waals surface area (Å²) in [6, 6.07) is 24.0. The van der Waals surface area contributed by atoms with Crippen LogP contribution >= 0.6 is 0 Å². The zero-order valence-electron chi connectivity index (χ0n) is 20.5. The molecular weight excluding hydrogens is 462 g/mol. The van der Waals surface area contributed by atoms with Crippen LogP contribution in [-0.2, 0) is 13.2 Å². The van der Waals surface area contributed by atoms with Crippen molar-refractivity contribution in [2.75, 3.05) is 0 Å². The van der Waals surface area contributed by atoms with E-state index in [0.29, 0.717) is 24.3 Å². The van der Waals surface area contributed by atoms with Gasteiger partial charge in [-0.05, 0) is 55.2 Å². The zero-order valence-corrected chi connectivity index (χ0v) is 20.5. The minimum absolute atomic E-state index is 0.274. The van der Waals surface area contributed by atoms with Crippen molar-refractivity contribution < 1.29 is 9.47 Å². The molecule has 37 heavy (non-hydrogen) atoms. The molecule has 2 bridgehead atoms. The molecule has 3 aliphatic carbocycles. The molecule has 184 valence electrons. The van der Waals surface area contributed by atoms with Gasteiger partial charge in [0.15, 0.2) is 11.5 Å². The molecule has 1 fully saturated rings. The molecule has 7 heteroatoms. The van der Waals surface area contributed by atoms with Crippen LogP contribution in [0.15, 0.2) is 79.0 Å². The van der Waals surface area contributed by atoms with Crippen molar-refractivity contribution in [3.8, 4) is 23.0 Å². The number of rotatable bonds is 7. The molecule has 0 aliphatic heterocycles. The quantitative estimate of drug-likeness (QED) is 0.275. The molecule has 0 saturated heterocycles. The number of pyridine rings is 1. The minimum atomic E-state index is 0.274. The lowest BCUT2D eigenvalue weighted by Gasteiger charge is -2.38. The summed E-state index contributed by atoms with van der Waals surface area (Å²) in [7, 11) is 0. The predicted octanol–water partition coefficient (Wildman–Crippen LogP) is 6.10. The van der Waals surface area contributed by atoms with Crippen molar-refractivity contribution in [2.24, 2.45) is 0 Å². The van der Waals surface area contributed by atoms with E-state index in [0.717, 1.165) is 34.0 Å². The predicted molar refractivity (Wildman–Crippen MR) is 140 cm³/mol. The van der Waals surface area contributed by atoms with Crippen LogP contribution in [0.3, 0.4) is 0 Å². The summed E-state index contributed by atoms with van der Waals surface area (Å²) in [4.78, 5) is 4.57. The topological polar surface area (TPSA) is 74.4 Å². The van der Waals surface area contributed by atoms with Crippen LogP contribution in [0.1, 0.15) is 59.9 Å². The summed E-state index contributed by atoms with van der Waals surface area (Å²) in [5, 5.41) is 14.1. The number of benzene rings is 2. The highest BCUT2D eigenvalue weighted by molar-refractivity contribution is 5.65. The molecule has 0 unspecified atom stereocenters. The number of hydrogen-bond acceptors (Lipinski definition) is 6.